The lowest BCUT2D eigenvalue weighted by atomic mass is 10.2. The van der Waals surface area contributed by atoms with E-state index < -0.39 is 0 Å². The van der Waals surface area contributed by atoms with Gasteiger partial charge in [-0.3, -0.25) is 0 Å². The Morgan fingerprint density at radius 1 is 1.18 bits per heavy atom. The monoisotopic (exact) mass is 231 g/mol. The molecule has 0 unspecified atom stereocenters. The average molecular weight is 231 g/mol. The maximum atomic E-state index is 12.8. The van der Waals surface area contributed by atoms with Gasteiger partial charge in [-0.2, -0.15) is 0 Å². The number of benzene rings is 1. The van der Waals surface area contributed by atoms with Crippen LogP contribution < -0.4 is 10.6 Å². The molecule has 2 rings (SSSR count). The van der Waals surface area contributed by atoms with E-state index in [-0.39, 0.29) is 5.82 Å². The normalized spacial score (nSPS) is 10.2. The topological polar surface area (TPSA) is 42.1 Å². The maximum absolute atomic E-state index is 12.8. The van der Waals surface area contributed by atoms with E-state index in [1.165, 1.54) is 12.1 Å². The standard InChI is InChI=1S/C13H14FN3/c1-17(13-4-2-3-12(15)16-13)9-10-5-7-11(14)8-6-10/h2-8H,9H2,1H3,(H2,15,16). The van der Waals surface area contributed by atoms with E-state index in [0.29, 0.717) is 12.4 Å². The summed E-state index contributed by atoms with van der Waals surface area (Å²) >= 11 is 0. The van der Waals surface area contributed by atoms with E-state index in [9.17, 15) is 4.39 Å². The van der Waals surface area contributed by atoms with Crippen molar-refractivity contribution in [3.63, 3.8) is 0 Å². The first kappa shape index (κ1) is 11.4. The van der Waals surface area contributed by atoms with Crippen LogP contribution in [0.25, 0.3) is 0 Å². The number of hydrogen-bond donors (Lipinski definition) is 1. The first-order chi connectivity index (χ1) is 8.15. The van der Waals surface area contributed by atoms with Crippen LogP contribution in [0.4, 0.5) is 16.0 Å². The molecule has 88 valence electrons. The van der Waals surface area contributed by atoms with Crippen molar-refractivity contribution in [2.24, 2.45) is 0 Å². The Hall–Kier alpha value is -2.10. The van der Waals surface area contributed by atoms with Gasteiger partial charge < -0.3 is 10.6 Å². The van der Waals surface area contributed by atoms with Crippen LogP contribution in [0.2, 0.25) is 0 Å². The third kappa shape index (κ3) is 2.93. The van der Waals surface area contributed by atoms with Crippen LogP contribution in [0, 0.1) is 5.82 Å². The zero-order valence-electron chi connectivity index (χ0n) is 9.60. The second-order valence-electron chi connectivity index (χ2n) is 3.90. The molecule has 4 heteroatoms. The number of nitrogens with two attached hydrogens (primary N) is 1. The molecule has 0 spiro atoms. The van der Waals surface area contributed by atoms with Gasteiger partial charge in [0.05, 0.1) is 0 Å². The van der Waals surface area contributed by atoms with Crippen molar-refractivity contribution in [3.05, 3.63) is 53.8 Å². The Labute approximate surface area is 99.7 Å². The Balaban J connectivity index is 2.11. The molecule has 0 amide bonds. The van der Waals surface area contributed by atoms with Gasteiger partial charge in [0.15, 0.2) is 0 Å². The van der Waals surface area contributed by atoms with Crippen LogP contribution in [-0.4, -0.2) is 12.0 Å². The molecule has 0 aliphatic heterocycles. The highest BCUT2D eigenvalue weighted by Crippen LogP contribution is 2.14. The minimum atomic E-state index is -0.224. The van der Waals surface area contributed by atoms with Gasteiger partial charge in [0.1, 0.15) is 17.5 Å². The van der Waals surface area contributed by atoms with Crippen molar-refractivity contribution in [1.29, 1.82) is 0 Å². The highest BCUT2D eigenvalue weighted by Gasteiger charge is 2.03. The molecule has 0 aliphatic rings. The van der Waals surface area contributed by atoms with Crippen molar-refractivity contribution in [2.75, 3.05) is 17.7 Å². The minimum absolute atomic E-state index is 0.224. The van der Waals surface area contributed by atoms with Crippen LogP contribution in [0.1, 0.15) is 5.56 Å². The average Bonchev–Trinajstić information content (AvgIpc) is 2.32. The summed E-state index contributed by atoms with van der Waals surface area (Å²) < 4.78 is 12.8. The molecule has 3 nitrogen and oxygen atoms in total. The summed E-state index contributed by atoms with van der Waals surface area (Å²) in [7, 11) is 1.92. The van der Waals surface area contributed by atoms with Crippen molar-refractivity contribution in [1.82, 2.24) is 4.98 Å². The zero-order chi connectivity index (χ0) is 12.3. The van der Waals surface area contributed by atoms with E-state index in [2.05, 4.69) is 4.98 Å². The highest BCUT2D eigenvalue weighted by molar-refractivity contribution is 5.44. The lowest BCUT2D eigenvalue weighted by Gasteiger charge is -2.18. The number of pyridine rings is 1. The number of nitrogen functional groups attached to an aromatic ring is 1. The second-order valence-corrected chi connectivity index (χ2v) is 3.90. The molecule has 0 bridgehead atoms. The second kappa shape index (κ2) is 4.82. The summed E-state index contributed by atoms with van der Waals surface area (Å²) in [5, 5.41) is 0. The number of halogens is 1. The minimum Gasteiger partial charge on any atom is -0.384 e. The number of rotatable bonds is 3. The predicted octanol–water partition coefficient (Wildman–Crippen LogP) is 2.44. The first-order valence-corrected chi connectivity index (χ1v) is 5.33. The lowest BCUT2D eigenvalue weighted by molar-refractivity contribution is 0.627. The van der Waals surface area contributed by atoms with Gasteiger partial charge in [-0.1, -0.05) is 18.2 Å². The molecule has 0 atom stereocenters. The molecule has 1 aromatic carbocycles. The van der Waals surface area contributed by atoms with Crippen molar-refractivity contribution in [3.8, 4) is 0 Å². The van der Waals surface area contributed by atoms with Gasteiger partial charge in [-0.15, -0.1) is 0 Å². The first-order valence-electron chi connectivity index (χ1n) is 5.33. The fraction of sp³-hybridized carbons (Fsp3) is 0.154. The summed E-state index contributed by atoms with van der Waals surface area (Å²) in [5.41, 5.74) is 6.65. The number of anilines is 2. The van der Waals surface area contributed by atoms with E-state index in [1.807, 2.05) is 24.1 Å². The van der Waals surface area contributed by atoms with Crippen LogP contribution in [0.3, 0.4) is 0 Å². The molecule has 17 heavy (non-hydrogen) atoms. The van der Waals surface area contributed by atoms with Gasteiger partial charge in [0.25, 0.3) is 0 Å². The lowest BCUT2D eigenvalue weighted by Crippen LogP contribution is -2.17. The molecule has 0 saturated carbocycles. The highest BCUT2D eigenvalue weighted by atomic mass is 19.1. The van der Waals surface area contributed by atoms with Crippen molar-refractivity contribution < 1.29 is 4.39 Å². The molecular formula is C13H14FN3. The number of nitrogens with zero attached hydrogens (tertiary/aromatic N) is 2. The maximum Gasteiger partial charge on any atom is 0.130 e. The smallest absolute Gasteiger partial charge is 0.130 e. The molecule has 1 heterocycles. The summed E-state index contributed by atoms with van der Waals surface area (Å²) in [6.07, 6.45) is 0. The zero-order valence-corrected chi connectivity index (χ0v) is 9.60. The SMILES string of the molecule is CN(Cc1ccc(F)cc1)c1cccc(N)n1. The molecule has 0 saturated heterocycles. The van der Waals surface area contributed by atoms with Crippen molar-refractivity contribution in [2.45, 2.75) is 6.54 Å². The molecule has 0 fully saturated rings. The van der Waals surface area contributed by atoms with E-state index in [1.54, 1.807) is 18.2 Å². The van der Waals surface area contributed by atoms with E-state index >= 15 is 0 Å². The van der Waals surface area contributed by atoms with Crippen LogP contribution >= 0.6 is 0 Å². The third-order valence-corrected chi connectivity index (χ3v) is 2.48. The Morgan fingerprint density at radius 2 is 1.88 bits per heavy atom. The Morgan fingerprint density at radius 3 is 2.53 bits per heavy atom. The fourth-order valence-electron chi connectivity index (χ4n) is 1.60. The molecular weight excluding hydrogens is 217 g/mol. The largest absolute Gasteiger partial charge is 0.384 e. The number of hydrogen-bond acceptors (Lipinski definition) is 3. The third-order valence-electron chi connectivity index (χ3n) is 2.48. The molecule has 0 aliphatic carbocycles. The summed E-state index contributed by atoms with van der Waals surface area (Å²) in [6.45, 7) is 0.663. The van der Waals surface area contributed by atoms with Crippen molar-refractivity contribution >= 4 is 11.6 Å². The van der Waals surface area contributed by atoms with E-state index in [0.717, 1.165) is 11.4 Å². The Bertz CT molecular complexity index is 496. The van der Waals surface area contributed by atoms with Gasteiger partial charge in [-0.25, -0.2) is 9.37 Å². The van der Waals surface area contributed by atoms with Gasteiger partial charge >= 0.3 is 0 Å². The summed E-state index contributed by atoms with van der Waals surface area (Å²) in [4.78, 5) is 6.18. The summed E-state index contributed by atoms with van der Waals surface area (Å²) in [6, 6.07) is 11.9. The molecule has 1 aromatic heterocycles. The molecule has 2 aromatic rings. The van der Waals surface area contributed by atoms with Crippen LogP contribution in [0.5, 0.6) is 0 Å². The van der Waals surface area contributed by atoms with Crippen LogP contribution in [-0.2, 0) is 6.54 Å². The fourth-order valence-corrected chi connectivity index (χ4v) is 1.60. The molecule has 2 N–H and O–H groups in total. The summed E-state index contributed by atoms with van der Waals surface area (Å²) in [5.74, 6) is 1.07. The Kier molecular flexibility index (Phi) is 3.23. The van der Waals surface area contributed by atoms with Gasteiger partial charge in [0, 0.05) is 13.6 Å². The quantitative estimate of drug-likeness (QED) is 0.882. The van der Waals surface area contributed by atoms with Gasteiger partial charge in [0.2, 0.25) is 0 Å². The molecule has 0 radical (unpaired) electrons. The predicted molar refractivity (Wildman–Crippen MR) is 67.2 cm³/mol. The van der Waals surface area contributed by atoms with Crippen LogP contribution in [0.15, 0.2) is 42.5 Å². The number of aromatic nitrogens is 1. The van der Waals surface area contributed by atoms with Gasteiger partial charge in [-0.05, 0) is 29.8 Å². The van der Waals surface area contributed by atoms with E-state index in [4.69, 9.17) is 5.73 Å².